The van der Waals surface area contributed by atoms with Crippen molar-refractivity contribution in [2.75, 3.05) is 5.32 Å². The average molecular weight is 211 g/mol. The van der Waals surface area contributed by atoms with Crippen molar-refractivity contribution in [1.29, 1.82) is 0 Å². The SMILES string of the molecule is OC1CCC(Nc2ncc(F)cn2)CC1. The molecule has 0 spiro atoms. The molecule has 0 aliphatic heterocycles. The van der Waals surface area contributed by atoms with Gasteiger partial charge in [0, 0.05) is 6.04 Å². The molecule has 0 amide bonds. The Balaban J connectivity index is 1.89. The van der Waals surface area contributed by atoms with E-state index in [1.807, 2.05) is 0 Å². The Labute approximate surface area is 87.6 Å². The van der Waals surface area contributed by atoms with Crippen LogP contribution in [-0.4, -0.2) is 27.2 Å². The van der Waals surface area contributed by atoms with Crippen molar-refractivity contribution >= 4 is 5.95 Å². The van der Waals surface area contributed by atoms with Crippen LogP contribution in [0.5, 0.6) is 0 Å². The smallest absolute Gasteiger partial charge is 0.222 e. The first-order valence-electron chi connectivity index (χ1n) is 5.16. The van der Waals surface area contributed by atoms with Gasteiger partial charge in [0.05, 0.1) is 18.5 Å². The standard InChI is InChI=1S/C10H14FN3O/c11-7-5-12-10(13-6-7)14-8-1-3-9(15)4-2-8/h5-6,8-9,15H,1-4H2,(H,12,13,14). The summed E-state index contributed by atoms with van der Waals surface area (Å²) in [5.74, 6) is 0.0254. The summed E-state index contributed by atoms with van der Waals surface area (Å²) in [5.41, 5.74) is 0. The van der Waals surface area contributed by atoms with Gasteiger partial charge in [-0.05, 0) is 25.7 Å². The second kappa shape index (κ2) is 4.53. The Morgan fingerprint density at radius 2 is 1.80 bits per heavy atom. The van der Waals surface area contributed by atoms with E-state index in [0.29, 0.717) is 12.0 Å². The minimum atomic E-state index is -0.431. The number of nitrogens with one attached hydrogen (secondary N) is 1. The number of anilines is 1. The van der Waals surface area contributed by atoms with Crippen LogP contribution in [0.15, 0.2) is 12.4 Å². The van der Waals surface area contributed by atoms with E-state index in [2.05, 4.69) is 15.3 Å². The Bertz CT molecular complexity index is 309. The maximum absolute atomic E-state index is 12.5. The van der Waals surface area contributed by atoms with E-state index < -0.39 is 5.82 Å². The molecule has 1 aliphatic carbocycles. The van der Waals surface area contributed by atoms with Crippen molar-refractivity contribution in [3.05, 3.63) is 18.2 Å². The van der Waals surface area contributed by atoms with Crippen LogP contribution in [0.3, 0.4) is 0 Å². The number of rotatable bonds is 2. The number of nitrogens with zero attached hydrogens (tertiary/aromatic N) is 2. The molecule has 1 aromatic rings. The van der Waals surface area contributed by atoms with Gasteiger partial charge in [-0.1, -0.05) is 0 Å². The van der Waals surface area contributed by atoms with Gasteiger partial charge in [-0.3, -0.25) is 0 Å². The third-order valence-electron chi connectivity index (χ3n) is 2.65. The summed E-state index contributed by atoms with van der Waals surface area (Å²) in [6, 6.07) is 0.291. The van der Waals surface area contributed by atoms with Gasteiger partial charge in [-0.2, -0.15) is 0 Å². The zero-order valence-electron chi connectivity index (χ0n) is 8.36. The number of hydrogen-bond donors (Lipinski definition) is 2. The lowest BCUT2D eigenvalue weighted by Gasteiger charge is -2.25. The molecule has 1 aromatic heterocycles. The molecule has 82 valence electrons. The van der Waals surface area contributed by atoms with Gasteiger partial charge < -0.3 is 10.4 Å². The van der Waals surface area contributed by atoms with Crippen LogP contribution in [0.25, 0.3) is 0 Å². The molecule has 0 bridgehead atoms. The summed E-state index contributed by atoms with van der Waals surface area (Å²) in [4.78, 5) is 7.66. The zero-order chi connectivity index (χ0) is 10.7. The molecule has 0 aromatic carbocycles. The molecule has 1 aliphatic rings. The van der Waals surface area contributed by atoms with Gasteiger partial charge in [0.1, 0.15) is 0 Å². The van der Waals surface area contributed by atoms with Crippen molar-refractivity contribution in [3.63, 3.8) is 0 Å². The lowest BCUT2D eigenvalue weighted by atomic mass is 9.93. The Kier molecular flexibility index (Phi) is 3.11. The fourth-order valence-corrected chi connectivity index (χ4v) is 1.79. The largest absolute Gasteiger partial charge is 0.393 e. The Morgan fingerprint density at radius 1 is 1.20 bits per heavy atom. The third-order valence-corrected chi connectivity index (χ3v) is 2.65. The first kappa shape index (κ1) is 10.3. The van der Waals surface area contributed by atoms with Crippen LogP contribution in [0, 0.1) is 5.82 Å². The second-order valence-corrected chi connectivity index (χ2v) is 3.87. The topological polar surface area (TPSA) is 58.0 Å². The van der Waals surface area contributed by atoms with Gasteiger partial charge in [0.2, 0.25) is 5.95 Å². The average Bonchev–Trinajstić information content (AvgIpc) is 2.25. The lowest BCUT2D eigenvalue weighted by Crippen LogP contribution is -2.28. The quantitative estimate of drug-likeness (QED) is 0.774. The number of hydrogen-bond acceptors (Lipinski definition) is 4. The molecular formula is C10H14FN3O. The van der Waals surface area contributed by atoms with Crippen molar-refractivity contribution < 1.29 is 9.50 Å². The molecule has 2 rings (SSSR count). The van der Waals surface area contributed by atoms with E-state index in [1.165, 1.54) is 0 Å². The van der Waals surface area contributed by atoms with E-state index >= 15 is 0 Å². The molecule has 1 heterocycles. The van der Waals surface area contributed by atoms with Crippen LogP contribution in [0.4, 0.5) is 10.3 Å². The number of aromatic nitrogens is 2. The summed E-state index contributed by atoms with van der Waals surface area (Å²) in [7, 11) is 0. The zero-order valence-corrected chi connectivity index (χ0v) is 8.36. The molecule has 4 nitrogen and oxygen atoms in total. The van der Waals surface area contributed by atoms with E-state index in [0.717, 1.165) is 38.1 Å². The van der Waals surface area contributed by atoms with E-state index in [-0.39, 0.29) is 6.10 Å². The van der Waals surface area contributed by atoms with E-state index in [1.54, 1.807) is 0 Å². The molecule has 0 unspecified atom stereocenters. The predicted molar refractivity (Wildman–Crippen MR) is 53.9 cm³/mol. The summed E-state index contributed by atoms with van der Waals surface area (Å²) in [6.45, 7) is 0. The fraction of sp³-hybridized carbons (Fsp3) is 0.600. The highest BCUT2D eigenvalue weighted by molar-refractivity contribution is 5.24. The maximum Gasteiger partial charge on any atom is 0.222 e. The molecule has 0 atom stereocenters. The number of halogens is 1. The highest BCUT2D eigenvalue weighted by Gasteiger charge is 2.19. The summed E-state index contributed by atoms with van der Waals surface area (Å²) >= 11 is 0. The van der Waals surface area contributed by atoms with Crippen LogP contribution in [0.1, 0.15) is 25.7 Å². The molecule has 5 heteroatoms. The van der Waals surface area contributed by atoms with Gasteiger partial charge >= 0.3 is 0 Å². The Hall–Kier alpha value is -1.23. The molecule has 0 saturated heterocycles. The third kappa shape index (κ3) is 2.86. The molecule has 1 fully saturated rings. The normalized spacial score (nSPS) is 26.3. The van der Waals surface area contributed by atoms with Crippen LogP contribution >= 0.6 is 0 Å². The van der Waals surface area contributed by atoms with Crippen LogP contribution < -0.4 is 5.32 Å². The predicted octanol–water partition coefficient (Wildman–Crippen LogP) is 1.33. The van der Waals surface area contributed by atoms with Crippen molar-refractivity contribution in [2.24, 2.45) is 0 Å². The molecule has 1 saturated carbocycles. The van der Waals surface area contributed by atoms with Gasteiger partial charge in [-0.15, -0.1) is 0 Å². The van der Waals surface area contributed by atoms with Crippen molar-refractivity contribution in [2.45, 2.75) is 37.8 Å². The lowest BCUT2D eigenvalue weighted by molar-refractivity contribution is 0.126. The summed E-state index contributed by atoms with van der Waals surface area (Å²) in [6.07, 6.45) is 5.54. The highest BCUT2D eigenvalue weighted by atomic mass is 19.1. The van der Waals surface area contributed by atoms with E-state index in [4.69, 9.17) is 0 Å². The van der Waals surface area contributed by atoms with Crippen molar-refractivity contribution in [1.82, 2.24) is 9.97 Å². The minimum absolute atomic E-state index is 0.169. The molecule has 2 N–H and O–H groups in total. The van der Waals surface area contributed by atoms with E-state index in [9.17, 15) is 9.50 Å². The first-order chi connectivity index (χ1) is 7.24. The van der Waals surface area contributed by atoms with Crippen LogP contribution in [-0.2, 0) is 0 Å². The monoisotopic (exact) mass is 211 g/mol. The Morgan fingerprint density at radius 3 is 2.40 bits per heavy atom. The summed E-state index contributed by atoms with van der Waals surface area (Å²) in [5, 5.41) is 12.4. The molecular weight excluding hydrogens is 197 g/mol. The number of aliphatic hydroxyl groups is 1. The minimum Gasteiger partial charge on any atom is -0.393 e. The van der Waals surface area contributed by atoms with Crippen LogP contribution in [0.2, 0.25) is 0 Å². The summed E-state index contributed by atoms with van der Waals surface area (Å²) < 4.78 is 12.5. The highest BCUT2D eigenvalue weighted by Crippen LogP contribution is 2.20. The van der Waals surface area contributed by atoms with Crippen molar-refractivity contribution in [3.8, 4) is 0 Å². The number of aliphatic hydroxyl groups excluding tert-OH is 1. The molecule has 0 radical (unpaired) electrons. The molecule has 15 heavy (non-hydrogen) atoms. The first-order valence-corrected chi connectivity index (χ1v) is 5.16. The van der Waals surface area contributed by atoms with Gasteiger partial charge in [0.25, 0.3) is 0 Å². The maximum atomic E-state index is 12.5. The second-order valence-electron chi connectivity index (χ2n) is 3.87. The fourth-order valence-electron chi connectivity index (χ4n) is 1.79. The van der Waals surface area contributed by atoms with Gasteiger partial charge in [-0.25, -0.2) is 14.4 Å². The van der Waals surface area contributed by atoms with Gasteiger partial charge in [0.15, 0.2) is 5.82 Å².